The number of sulfonamides is 1. The smallest absolute Gasteiger partial charge is 0.308 e. The van der Waals surface area contributed by atoms with Crippen molar-refractivity contribution in [2.45, 2.75) is 57.1 Å². The number of rotatable bonds is 5. The van der Waals surface area contributed by atoms with Crippen LogP contribution >= 0.6 is 0 Å². The van der Waals surface area contributed by atoms with Gasteiger partial charge in [-0.2, -0.15) is 0 Å². The van der Waals surface area contributed by atoms with E-state index in [-0.39, 0.29) is 11.9 Å². The molecule has 7 heteroatoms. The van der Waals surface area contributed by atoms with Crippen LogP contribution in [-0.2, 0) is 19.6 Å². The van der Waals surface area contributed by atoms with E-state index in [2.05, 4.69) is 4.72 Å². The van der Waals surface area contributed by atoms with Crippen LogP contribution < -0.4 is 4.72 Å². The average Bonchev–Trinajstić information content (AvgIpc) is 2.72. The molecular formula is C13H23NO5S. The molecule has 20 heavy (non-hydrogen) atoms. The largest absolute Gasteiger partial charge is 0.481 e. The number of ether oxygens (including phenoxy) is 1. The third-order valence-corrected chi connectivity index (χ3v) is 5.57. The molecule has 2 rings (SSSR count). The fraction of sp³-hybridized carbons (Fsp3) is 0.923. The number of carboxylic acid groups (broad SMARTS) is 1. The molecule has 0 aromatic rings. The Hall–Kier alpha value is -0.660. The second-order valence-electron chi connectivity index (χ2n) is 5.72. The van der Waals surface area contributed by atoms with Gasteiger partial charge in [0.2, 0.25) is 10.0 Å². The maximum Gasteiger partial charge on any atom is 0.308 e. The van der Waals surface area contributed by atoms with Crippen LogP contribution in [0.25, 0.3) is 0 Å². The molecule has 0 aromatic heterocycles. The summed E-state index contributed by atoms with van der Waals surface area (Å²) in [6.07, 6.45) is 5.23. The van der Waals surface area contributed by atoms with Gasteiger partial charge in [-0.1, -0.05) is 19.3 Å². The third-order valence-electron chi connectivity index (χ3n) is 4.09. The molecule has 0 radical (unpaired) electrons. The lowest BCUT2D eigenvalue weighted by Crippen LogP contribution is -2.45. The molecule has 1 heterocycles. The fourth-order valence-corrected chi connectivity index (χ4v) is 4.64. The van der Waals surface area contributed by atoms with E-state index in [0.29, 0.717) is 19.4 Å². The number of carboxylic acids is 1. The van der Waals surface area contributed by atoms with E-state index < -0.39 is 28.0 Å². The topological polar surface area (TPSA) is 92.7 Å². The quantitative estimate of drug-likeness (QED) is 0.742. The Balaban J connectivity index is 1.98. The summed E-state index contributed by atoms with van der Waals surface area (Å²) in [5.41, 5.74) is 0. The highest BCUT2D eigenvalue weighted by atomic mass is 32.2. The molecular weight excluding hydrogens is 282 g/mol. The van der Waals surface area contributed by atoms with Crippen molar-refractivity contribution >= 4 is 16.0 Å². The summed E-state index contributed by atoms with van der Waals surface area (Å²) in [6.45, 7) is 0.612. The minimum Gasteiger partial charge on any atom is -0.481 e. The predicted molar refractivity (Wildman–Crippen MR) is 73.9 cm³/mol. The molecule has 0 spiro atoms. The molecule has 6 nitrogen and oxygen atoms in total. The number of aliphatic carboxylic acids is 1. The number of nitrogens with one attached hydrogen (secondary N) is 1. The van der Waals surface area contributed by atoms with Gasteiger partial charge in [0.1, 0.15) is 0 Å². The Morgan fingerprint density at radius 1 is 1.15 bits per heavy atom. The Labute approximate surface area is 119 Å². The Kier molecular flexibility index (Phi) is 5.40. The lowest BCUT2D eigenvalue weighted by atomic mass is 9.96. The minimum atomic E-state index is -3.49. The van der Waals surface area contributed by atoms with Crippen molar-refractivity contribution in [3.8, 4) is 0 Å². The van der Waals surface area contributed by atoms with Gasteiger partial charge < -0.3 is 9.84 Å². The van der Waals surface area contributed by atoms with Gasteiger partial charge in [-0.05, 0) is 25.7 Å². The summed E-state index contributed by atoms with van der Waals surface area (Å²) >= 11 is 0. The Morgan fingerprint density at radius 2 is 1.90 bits per heavy atom. The van der Waals surface area contributed by atoms with Crippen LogP contribution in [0.3, 0.4) is 0 Å². The number of hydrogen-bond donors (Lipinski definition) is 2. The summed E-state index contributed by atoms with van der Waals surface area (Å²) in [5, 5.41) is 9.26. The molecule has 0 aromatic carbocycles. The van der Waals surface area contributed by atoms with Crippen LogP contribution in [0.4, 0.5) is 0 Å². The zero-order chi connectivity index (χ0) is 14.6. The average molecular weight is 305 g/mol. The van der Waals surface area contributed by atoms with Gasteiger partial charge in [0, 0.05) is 12.6 Å². The van der Waals surface area contributed by atoms with E-state index in [9.17, 15) is 18.3 Å². The first-order valence-electron chi connectivity index (χ1n) is 7.32. The molecule has 0 amide bonds. The van der Waals surface area contributed by atoms with Gasteiger partial charge in [0.15, 0.2) is 0 Å². The maximum atomic E-state index is 12.2. The van der Waals surface area contributed by atoms with Crippen molar-refractivity contribution in [1.82, 2.24) is 4.72 Å². The standard InChI is InChI=1S/C13H23NO5S/c15-13(16)11-6-2-1-3-7-12(11)14-20(17,18)9-10-5-4-8-19-10/h10-12,14H,1-9H2,(H,15,16). The molecule has 0 bridgehead atoms. The van der Waals surface area contributed by atoms with Gasteiger partial charge in [0.25, 0.3) is 0 Å². The SMILES string of the molecule is O=C(O)C1CCCCCC1NS(=O)(=O)CC1CCCO1. The Bertz CT molecular complexity index is 430. The van der Waals surface area contributed by atoms with E-state index in [1.165, 1.54) is 0 Å². The first-order valence-corrected chi connectivity index (χ1v) is 8.97. The molecule has 1 aliphatic carbocycles. The molecule has 2 fully saturated rings. The van der Waals surface area contributed by atoms with Crippen LogP contribution in [0.5, 0.6) is 0 Å². The van der Waals surface area contributed by atoms with Crippen LogP contribution in [-0.4, -0.2) is 44.0 Å². The van der Waals surface area contributed by atoms with Crippen molar-refractivity contribution in [3.05, 3.63) is 0 Å². The van der Waals surface area contributed by atoms with Crippen molar-refractivity contribution in [1.29, 1.82) is 0 Å². The molecule has 1 aliphatic heterocycles. The van der Waals surface area contributed by atoms with Crippen molar-refractivity contribution in [2.24, 2.45) is 5.92 Å². The van der Waals surface area contributed by atoms with Gasteiger partial charge in [-0.15, -0.1) is 0 Å². The lowest BCUT2D eigenvalue weighted by molar-refractivity contribution is -0.142. The highest BCUT2D eigenvalue weighted by Gasteiger charge is 2.33. The summed E-state index contributed by atoms with van der Waals surface area (Å²) < 4.78 is 32.2. The van der Waals surface area contributed by atoms with Crippen LogP contribution in [0, 0.1) is 5.92 Å². The monoisotopic (exact) mass is 305 g/mol. The summed E-state index contributed by atoms with van der Waals surface area (Å²) in [5.74, 6) is -1.58. The molecule has 2 N–H and O–H groups in total. The third kappa shape index (κ3) is 4.43. The predicted octanol–water partition coefficient (Wildman–Crippen LogP) is 1.12. The second kappa shape index (κ2) is 6.87. The van der Waals surface area contributed by atoms with Crippen LogP contribution in [0.1, 0.15) is 44.9 Å². The zero-order valence-electron chi connectivity index (χ0n) is 11.6. The summed E-state index contributed by atoms with van der Waals surface area (Å²) in [4.78, 5) is 11.3. The van der Waals surface area contributed by atoms with Crippen LogP contribution in [0.15, 0.2) is 0 Å². The van der Waals surface area contributed by atoms with E-state index in [1.807, 2.05) is 0 Å². The molecule has 1 saturated carbocycles. The first kappa shape index (κ1) is 15.7. The van der Waals surface area contributed by atoms with Gasteiger partial charge in [-0.25, -0.2) is 13.1 Å². The molecule has 3 unspecified atom stereocenters. The highest BCUT2D eigenvalue weighted by molar-refractivity contribution is 7.89. The van der Waals surface area contributed by atoms with Crippen molar-refractivity contribution < 1.29 is 23.1 Å². The normalized spacial score (nSPS) is 31.9. The maximum absolute atomic E-state index is 12.2. The summed E-state index contributed by atoms with van der Waals surface area (Å²) in [7, 11) is -3.49. The van der Waals surface area contributed by atoms with Crippen molar-refractivity contribution in [2.75, 3.05) is 12.4 Å². The first-order chi connectivity index (χ1) is 9.48. The Morgan fingerprint density at radius 3 is 2.55 bits per heavy atom. The van der Waals surface area contributed by atoms with E-state index in [0.717, 1.165) is 32.1 Å². The van der Waals surface area contributed by atoms with E-state index in [4.69, 9.17) is 4.74 Å². The molecule has 2 aliphatic rings. The zero-order valence-corrected chi connectivity index (χ0v) is 12.4. The number of hydrogen-bond acceptors (Lipinski definition) is 4. The minimum absolute atomic E-state index is 0.0597. The molecule has 1 saturated heterocycles. The van der Waals surface area contributed by atoms with Gasteiger partial charge in [-0.3, -0.25) is 4.79 Å². The van der Waals surface area contributed by atoms with E-state index in [1.54, 1.807) is 0 Å². The second-order valence-corrected chi connectivity index (χ2v) is 7.52. The molecule has 116 valence electrons. The van der Waals surface area contributed by atoms with Crippen LogP contribution in [0.2, 0.25) is 0 Å². The molecule has 3 atom stereocenters. The number of carbonyl (C=O) groups is 1. The van der Waals surface area contributed by atoms with E-state index >= 15 is 0 Å². The van der Waals surface area contributed by atoms with Crippen molar-refractivity contribution in [3.63, 3.8) is 0 Å². The fourth-order valence-electron chi connectivity index (χ4n) is 3.04. The summed E-state index contributed by atoms with van der Waals surface area (Å²) in [6, 6.07) is -0.485. The lowest BCUT2D eigenvalue weighted by Gasteiger charge is -2.23. The van der Waals surface area contributed by atoms with Gasteiger partial charge >= 0.3 is 5.97 Å². The highest BCUT2D eigenvalue weighted by Crippen LogP contribution is 2.25. The van der Waals surface area contributed by atoms with Gasteiger partial charge in [0.05, 0.1) is 17.8 Å².